The maximum atomic E-state index is 13.5. The van der Waals surface area contributed by atoms with E-state index in [0.717, 1.165) is 12.8 Å². The van der Waals surface area contributed by atoms with Gasteiger partial charge in [-0.1, -0.05) is 30.3 Å². The Balaban J connectivity index is 1.53. The molecule has 2 aliphatic rings. The Labute approximate surface area is 194 Å². The van der Waals surface area contributed by atoms with E-state index in [1.165, 1.54) is 26.4 Å². The number of nitrogens with zero attached hydrogens (tertiary/aromatic N) is 3. The van der Waals surface area contributed by atoms with Crippen LogP contribution in [0.1, 0.15) is 48.5 Å². The van der Waals surface area contributed by atoms with Crippen molar-refractivity contribution in [2.24, 2.45) is 0 Å². The molecule has 1 aromatic carbocycles. The summed E-state index contributed by atoms with van der Waals surface area (Å²) in [5.41, 5.74) is 0.861. The third kappa shape index (κ3) is 4.97. The molecule has 2 N–H and O–H groups in total. The molecule has 2 aliphatic heterocycles. The quantitative estimate of drug-likeness (QED) is 0.662. The normalized spacial score (nSPS) is 17.8. The molecule has 1 fully saturated rings. The predicted octanol–water partition coefficient (Wildman–Crippen LogP) is 1.91. The van der Waals surface area contributed by atoms with Crippen LogP contribution in [0.25, 0.3) is 0 Å². The molecule has 1 aromatic heterocycles. The lowest BCUT2D eigenvalue weighted by Crippen LogP contribution is -2.50. The number of rotatable bonds is 6. The highest BCUT2D eigenvalue weighted by molar-refractivity contribution is 7.90. The number of hydrogen-bond donors (Lipinski definition) is 2. The van der Waals surface area contributed by atoms with E-state index in [0.29, 0.717) is 19.0 Å². The largest absolute Gasteiger partial charge is 0.474 e. The third-order valence-corrected chi connectivity index (χ3v) is 8.03. The number of pyridine rings is 1. The number of amides is 1. The highest BCUT2D eigenvalue weighted by atomic mass is 32.2. The van der Waals surface area contributed by atoms with E-state index in [2.05, 4.69) is 22.4 Å². The highest BCUT2D eigenvalue weighted by Crippen LogP contribution is 2.35. The third-order valence-electron chi connectivity index (χ3n) is 6.07. The maximum absolute atomic E-state index is 13.5. The molecule has 0 aliphatic carbocycles. The van der Waals surface area contributed by atoms with E-state index >= 15 is 0 Å². The van der Waals surface area contributed by atoms with Crippen molar-refractivity contribution >= 4 is 21.8 Å². The zero-order valence-electron chi connectivity index (χ0n) is 18.9. The molecule has 0 spiro atoms. The molecule has 178 valence electrons. The molecule has 2 aromatic rings. The van der Waals surface area contributed by atoms with Crippen LogP contribution in [0.5, 0.6) is 5.88 Å². The standard InChI is InChI=1S/C23H30N4O5S/c1-23(2,16-28)25-21(29)19-14-20-22(24-15-19)32-13-12-27(20)33(30,31)26-10-8-18(9-11-26)17-6-4-3-5-7-17/h3-7,14-15,18,28H,8-13,16H2,1-2H3,(H,25,29). The summed E-state index contributed by atoms with van der Waals surface area (Å²) in [6, 6.07) is 11.6. The lowest BCUT2D eigenvalue weighted by atomic mass is 9.90. The lowest BCUT2D eigenvalue weighted by Gasteiger charge is -2.37. The van der Waals surface area contributed by atoms with Gasteiger partial charge in [-0.25, -0.2) is 9.29 Å². The molecular weight excluding hydrogens is 444 g/mol. The van der Waals surface area contributed by atoms with E-state index in [9.17, 15) is 18.3 Å². The van der Waals surface area contributed by atoms with E-state index in [1.807, 2.05) is 18.2 Å². The van der Waals surface area contributed by atoms with Crippen molar-refractivity contribution in [2.75, 3.05) is 37.2 Å². The van der Waals surface area contributed by atoms with Gasteiger partial charge in [-0.3, -0.25) is 4.79 Å². The number of benzene rings is 1. The van der Waals surface area contributed by atoms with Gasteiger partial charge in [0, 0.05) is 19.3 Å². The number of ether oxygens (including phenoxy) is 1. The van der Waals surface area contributed by atoms with Crippen molar-refractivity contribution in [2.45, 2.75) is 38.1 Å². The van der Waals surface area contributed by atoms with Crippen LogP contribution in [0.4, 0.5) is 5.69 Å². The smallest absolute Gasteiger partial charge is 0.304 e. The Morgan fingerprint density at radius 2 is 1.91 bits per heavy atom. The fraction of sp³-hybridized carbons (Fsp3) is 0.478. The molecule has 4 rings (SSSR count). The van der Waals surface area contributed by atoms with Gasteiger partial charge < -0.3 is 15.2 Å². The summed E-state index contributed by atoms with van der Waals surface area (Å²) >= 11 is 0. The first-order chi connectivity index (χ1) is 15.7. The fourth-order valence-corrected chi connectivity index (χ4v) is 5.78. The maximum Gasteiger partial charge on any atom is 0.304 e. The van der Waals surface area contributed by atoms with Gasteiger partial charge in [-0.05, 0) is 44.2 Å². The van der Waals surface area contributed by atoms with Crippen LogP contribution in [0, 0.1) is 0 Å². The first kappa shape index (κ1) is 23.5. The average Bonchev–Trinajstić information content (AvgIpc) is 2.83. The summed E-state index contributed by atoms with van der Waals surface area (Å²) < 4.78 is 35.4. The number of hydrogen-bond acceptors (Lipinski definition) is 6. The minimum atomic E-state index is -3.81. The number of nitrogens with one attached hydrogen (secondary N) is 1. The molecule has 33 heavy (non-hydrogen) atoms. The molecule has 1 amide bonds. The van der Waals surface area contributed by atoms with Gasteiger partial charge in [0.05, 0.1) is 24.3 Å². The Hall–Kier alpha value is -2.69. The summed E-state index contributed by atoms with van der Waals surface area (Å²) in [6.45, 7) is 4.32. The van der Waals surface area contributed by atoms with Crippen LogP contribution in [0.3, 0.4) is 0 Å². The summed E-state index contributed by atoms with van der Waals surface area (Å²) in [7, 11) is -3.81. The molecule has 3 heterocycles. The van der Waals surface area contributed by atoms with Crippen LogP contribution in [0.2, 0.25) is 0 Å². The van der Waals surface area contributed by atoms with Gasteiger partial charge in [0.2, 0.25) is 5.88 Å². The summed E-state index contributed by atoms with van der Waals surface area (Å²) in [6.07, 6.45) is 2.85. The van der Waals surface area contributed by atoms with E-state index in [4.69, 9.17) is 4.74 Å². The van der Waals surface area contributed by atoms with E-state index < -0.39 is 21.7 Å². The second kappa shape index (κ2) is 9.28. The number of aromatic nitrogens is 1. The highest BCUT2D eigenvalue weighted by Gasteiger charge is 2.37. The van der Waals surface area contributed by atoms with Gasteiger partial charge in [0.25, 0.3) is 5.91 Å². The Kier molecular flexibility index (Phi) is 6.60. The van der Waals surface area contributed by atoms with Crippen molar-refractivity contribution in [1.82, 2.24) is 14.6 Å². The van der Waals surface area contributed by atoms with Crippen LogP contribution in [-0.2, 0) is 10.2 Å². The second-order valence-electron chi connectivity index (χ2n) is 9.06. The number of aliphatic hydroxyl groups excluding tert-OH is 1. The topological polar surface area (TPSA) is 112 Å². The van der Waals surface area contributed by atoms with Gasteiger partial charge in [-0.2, -0.15) is 12.7 Å². The number of fused-ring (bicyclic) bond motifs is 1. The SMILES string of the molecule is CC(C)(CO)NC(=O)c1cnc2c(c1)N(S(=O)(=O)N1CCC(c3ccccc3)CC1)CCO2. The van der Waals surface area contributed by atoms with Crippen molar-refractivity contribution in [3.05, 3.63) is 53.7 Å². The minimum absolute atomic E-state index is 0.142. The predicted molar refractivity (Wildman–Crippen MR) is 125 cm³/mol. The molecule has 9 nitrogen and oxygen atoms in total. The van der Waals surface area contributed by atoms with Gasteiger partial charge in [0.1, 0.15) is 12.3 Å². The Morgan fingerprint density at radius 1 is 1.21 bits per heavy atom. The lowest BCUT2D eigenvalue weighted by molar-refractivity contribution is 0.0869. The summed E-state index contributed by atoms with van der Waals surface area (Å²) in [4.78, 5) is 16.8. The molecule has 0 bridgehead atoms. The van der Waals surface area contributed by atoms with Crippen LogP contribution < -0.4 is 14.4 Å². The van der Waals surface area contributed by atoms with Crippen molar-refractivity contribution in [3.8, 4) is 5.88 Å². The molecule has 1 saturated heterocycles. The molecule has 0 atom stereocenters. The van der Waals surface area contributed by atoms with E-state index in [1.54, 1.807) is 13.8 Å². The Bertz CT molecular complexity index is 1100. The van der Waals surface area contributed by atoms with Gasteiger partial charge in [-0.15, -0.1) is 0 Å². The molecule has 0 unspecified atom stereocenters. The monoisotopic (exact) mass is 474 g/mol. The first-order valence-corrected chi connectivity index (χ1v) is 12.5. The number of anilines is 1. The minimum Gasteiger partial charge on any atom is -0.474 e. The van der Waals surface area contributed by atoms with Crippen molar-refractivity contribution in [1.29, 1.82) is 0 Å². The molecule has 0 saturated carbocycles. The number of piperidine rings is 1. The molecule has 0 radical (unpaired) electrons. The molecular formula is C23H30N4O5S. The van der Waals surface area contributed by atoms with Crippen LogP contribution >= 0.6 is 0 Å². The summed E-state index contributed by atoms with van der Waals surface area (Å²) in [5.74, 6) is 0.0689. The van der Waals surface area contributed by atoms with Crippen LogP contribution in [-0.4, -0.2) is 67.1 Å². The van der Waals surface area contributed by atoms with Crippen LogP contribution in [0.15, 0.2) is 42.6 Å². The first-order valence-electron chi connectivity index (χ1n) is 11.1. The number of carbonyl (C=O) groups is 1. The van der Waals surface area contributed by atoms with Gasteiger partial charge in [0.15, 0.2) is 0 Å². The average molecular weight is 475 g/mol. The zero-order valence-corrected chi connectivity index (χ0v) is 19.7. The van der Waals surface area contributed by atoms with Crippen molar-refractivity contribution in [3.63, 3.8) is 0 Å². The number of carbonyl (C=O) groups excluding carboxylic acids is 1. The summed E-state index contributed by atoms with van der Waals surface area (Å²) in [5, 5.41) is 12.1. The van der Waals surface area contributed by atoms with Gasteiger partial charge >= 0.3 is 10.2 Å². The Morgan fingerprint density at radius 3 is 2.58 bits per heavy atom. The fourth-order valence-electron chi connectivity index (χ4n) is 4.14. The second-order valence-corrected chi connectivity index (χ2v) is 10.9. The van der Waals surface area contributed by atoms with Crippen molar-refractivity contribution < 1.29 is 23.1 Å². The molecule has 10 heteroatoms. The number of aliphatic hydroxyl groups is 1. The van der Waals surface area contributed by atoms with E-state index in [-0.39, 0.29) is 36.9 Å². The zero-order chi connectivity index (χ0) is 23.6.